The van der Waals surface area contributed by atoms with Crippen molar-refractivity contribution in [3.8, 4) is 0 Å². The zero-order valence-corrected chi connectivity index (χ0v) is 11.1. The molecule has 0 atom stereocenters. The Morgan fingerprint density at radius 1 is 0.714 bits per heavy atom. The monoisotopic (exact) mass is 285 g/mol. The Kier molecular flexibility index (Phi) is 6.79. The molecule has 0 aliphatic rings. The number of rotatable bonds is 2. The molecule has 0 unspecified atom stereocenters. The molecule has 0 heterocycles. The maximum Gasteiger partial charge on any atom is 0.414 e. The van der Waals surface area contributed by atoms with Gasteiger partial charge >= 0.3 is 12.2 Å². The first kappa shape index (κ1) is 16.0. The second-order valence-electron chi connectivity index (χ2n) is 3.89. The first-order chi connectivity index (χ1) is 10.1. The second kappa shape index (κ2) is 8.92. The predicted octanol–water partition coefficient (Wildman–Crippen LogP) is 3.79. The molecule has 5 heteroatoms. The van der Waals surface area contributed by atoms with Crippen molar-refractivity contribution in [2.24, 2.45) is 0 Å². The van der Waals surface area contributed by atoms with Crippen LogP contribution in [0.25, 0.3) is 12.2 Å². The van der Waals surface area contributed by atoms with Crippen molar-refractivity contribution in [2.75, 3.05) is 0 Å². The van der Waals surface area contributed by atoms with Gasteiger partial charge in [-0.05, 0) is 11.1 Å². The van der Waals surface area contributed by atoms with Gasteiger partial charge in [0, 0.05) is 0 Å². The highest BCUT2D eigenvalue weighted by Gasteiger charge is 1.97. The molecule has 2 aromatic rings. The largest absolute Gasteiger partial charge is 0.465 e. The highest BCUT2D eigenvalue weighted by atomic mass is 16.4. The van der Waals surface area contributed by atoms with Crippen LogP contribution >= 0.6 is 0 Å². The molecule has 2 rings (SSSR count). The summed E-state index contributed by atoms with van der Waals surface area (Å²) in [5, 5.41) is 16.3. The lowest BCUT2D eigenvalue weighted by Gasteiger charge is -1.92. The average molecular weight is 285 g/mol. The Bertz CT molecular complexity index is 541. The Hall–Kier alpha value is -3.08. The molecule has 0 aliphatic heterocycles. The number of carboxylic acid groups (broad SMARTS) is 2. The van der Waals surface area contributed by atoms with Crippen LogP contribution in [0, 0.1) is 0 Å². The molecule has 5 nitrogen and oxygen atoms in total. The van der Waals surface area contributed by atoms with Gasteiger partial charge in [0.1, 0.15) is 0 Å². The average Bonchev–Trinajstić information content (AvgIpc) is 2.46. The lowest BCUT2D eigenvalue weighted by atomic mass is 10.1. The summed E-state index contributed by atoms with van der Waals surface area (Å²) in [6, 6.07) is 20.6. The van der Waals surface area contributed by atoms with Gasteiger partial charge in [-0.3, -0.25) is 0 Å². The fourth-order valence-corrected chi connectivity index (χ4v) is 1.41. The third-order valence-electron chi connectivity index (χ3n) is 2.28. The molecule has 2 amide bonds. The van der Waals surface area contributed by atoms with Gasteiger partial charge in [-0.1, -0.05) is 72.8 Å². The number of nitrogens with one attached hydrogen (secondary N) is 1. The molecule has 0 radical (unpaired) electrons. The lowest BCUT2D eigenvalue weighted by Crippen LogP contribution is -2.26. The van der Waals surface area contributed by atoms with E-state index < -0.39 is 12.2 Å². The van der Waals surface area contributed by atoms with Crippen molar-refractivity contribution in [3.63, 3.8) is 0 Å². The van der Waals surface area contributed by atoms with Crippen LogP contribution in [0.4, 0.5) is 9.59 Å². The van der Waals surface area contributed by atoms with E-state index in [1.54, 1.807) is 0 Å². The smallest absolute Gasteiger partial charge is 0.414 e. The van der Waals surface area contributed by atoms with E-state index in [1.165, 1.54) is 11.1 Å². The van der Waals surface area contributed by atoms with Crippen LogP contribution in [0.1, 0.15) is 11.1 Å². The molecular weight excluding hydrogens is 270 g/mol. The van der Waals surface area contributed by atoms with Crippen molar-refractivity contribution in [1.82, 2.24) is 5.32 Å². The molecule has 21 heavy (non-hydrogen) atoms. The number of benzene rings is 2. The zero-order valence-electron chi connectivity index (χ0n) is 11.1. The van der Waals surface area contributed by atoms with E-state index in [4.69, 9.17) is 10.2 Å². The summed E-state index contributed by atoms with van der Waals surface area (Å²) < 4.78 is 0. The fraction of sp³-hybridized carbons (Fsp3) is 0. The molecule has 0 fully saturated rings. The Labute approximate surface area is 122 Å². The first-order valence-corrected chi connectivity index (χ1v) is 6.09. The van der Waals surface area contributed by atoms with Gasteiger partial charge in [0.15, 0.2) is 0 Å². The van der Waals surface area contributed by atoms with Gasteiger partial charge in [-0.15, -0.1) is 0 Å². The second-order valence-corrected chi connectivity index (χ2v) is 3.89. The Morgan fingerprint density at radius 3 is 1.29 bits per heavy atom. The standard InChI is InChI=1S/C14H12.C2H3NO4/c1-3-7-13(8-4-1)11-12-14-9-5-2-6-10-14;4-1(5)3-2(6)7/h1-12H;3H,(H,4,5)(H,6,7). The van der Waals surface area contributed by atoms with Crippen molar-refractivity contribution in [1.29, 1.82) is 0 Å². The summed E-state index contributed by atoms with van der Waals surface area (Å²) in [6.45, 7) is 0. The van der Waals surface area contributed by atoms with Gasteiger partial charge in [-0.2, -0.15) is 0 Å². The Balaban J connectivity index is 0.000000270. The maximum absolute atomic E-state index is 9.32. The van der Waals surface area contributed by atoms with E-state index in [1.807, 2.05) is 36.4 Å². The van der Waals surface area contributed by atoms with Crippen LogP contribution in [0.3, 0.4) is 0 Å². The normalized spacial score (nSPS) is 9.52. The molecule has 0 spiro atoms. The molecular formula is C16H15NO4. The summed E-state index contributed by atoms with van der Waals surface area (Å²) in [5.41, 5.74) is 2.47. The number of amides is 2. The topological polar surface area (TPSA) is 86.6 Å². The quantitative estimate of drug-likeness (QED) is 0.733. The van der Waals surface area contributed by atoms with Crippen LogP contribution in [0.2, 0.25) is 0 Å². The van der Waals surface area contributed by atoms with E-state index in [2.05, 4.69) is 36.4 Å². The molecule has 0 aromatic heterocycles. The minimum absolute atomic E-state index is 1.14. The van der Waals surface area contributed by atoms with Crippen LogP contribution in [-0.2, 0) is 0 Å². The Morgan fingerprint density at radius 2 is 1.05 bits per heavy atom. The van der Waals surface area contributed by atoms with Crippen molar-refractivity contribution in [3.05, 3.63) is 71.8 Å². The molecule has 0 aliphatic carbocycles. The van der Waals surface area contributed by atoms with Gasteiger partial charge in [-0.25, -0.2) is 14.9 Å². The lowest BCUT2D eigenvalue weighted by molar-refractivity contribution is 0.174. The van der Waals surface area contributed by atoms with Gasteiger partial charge < -0.3 is 10.2 Å². The summed E-state index contributed by atoms with van der Waals surface area (Å²) in [6.07, 6.45) is 1.12. The van der Waals surface area contributed by atoms with Gasteiger partial charge in [0.25, 0.3) is 0 Å². The zero-order chi connectivity index (χ0) is 15.5. The van der Waals surface area contributed by atoms with Crippen molar-refractivity contribution < 1.29 is 19.8 Å². The van der Waals surface area contributed by atoms with E-state index in [-0.39, 0.29) is 0 Å². The fourth-order valence-electron chi connectivity index (χ4n) is 1.41. The van der Waals surface area contributed by atoms with Gasteiger partial charge in [0.05, 0.1) is 0 Å². The third-order valence-corrected chi connectivity index (χ3v) is 2.28. The minimum Gasteiger partial charge on any atom is -0.465 e. The maximum atomic E-state index is 9.32. The van der Waals surface area contributed by atoms with Crippen LogP contribution in [-0.4, -0.2) is 22.4 Å². The first-order valence-electron chi connectivity index (χ1n) is 6.09. The third kappa shape index (κ3) is 7.84. The highest BCUT2D eigenvalue weighted by molar-refractivity contribution is 5.84. The van der Waals surface area contributed by atoms with E-state index in [0.29, 0.717) is 0 Å². The molecule has 0 saturated heterocycles. The van der Waals surface area contributed by atoms with Crippen LogP contribution in [0.5, 0.6) is 0 Å². The minimum atomic E-state index is -1.56. The van der Waals surface area contributed by atoms with Gasteiger partial charge in [0.2, 0.25) is 0 Å². The molecule has 108 valence electrons. The van der Waals surface area contributed by atoms with Crippen molar-refractivity contribution in [2.45, 2.75) is 0 Å². The summed E-state index contributed by atoms with van der Waals surface area (Å²) in [5.74, 6) is 0. The number of hydrogen-bond donors (Lipinski definition) is 3. The van der Waals surface area contributed by atoms with Crippen LogP contribution < -0.4 is 5.32 Å². The summed E-state index contributed by atoms with van der Waals surface area (Å²) >= 11 is 0. The molecule has 0 saturated carbocycles. The van der Waals surface area contributed by atoms with E-state index in [0.717, 1.165) is 5.32 Å². The van der Waals surface area contributed by atoms with E-state index in [9.17, 15) is 9.59 Å². The SMILES string of the molecule is C(=Cc1ccccc1)c1ccccc1.O=C(O)NC(=O)O. The number of carbonyl (C=O) groups is 2. The predicted molar refractivity (Wildman–Crippen MR) is 81.0 cm³/mol. The van der Waals surface area contributed by atoms with E-state index >= 15 is 0 Å². The summed E-state index contributed by atoms with van der Waals surface area (Å²) in [4.78, 5) is 18.6. The number of imide groups is 1. The molecule has 3 N–H and O–H groups in total. The van der Waals surface area contributed by atoms with Crippen molar-refractivity contribution >= 4 is 24.3 Å². The highest BCUT2D eigenvalue weighted by Crippen LogP contribution is 2.06. The summed E-state index contributed by atoms with van der Waals surface area (Å²) in [7, 11) is 0. The van der Waals surface area contributed by atoms with Crippen LogP contribution in [0.15, 0.2) is 60.7 Å². The number of hydrogen-bond acceptors (Lipinski definition) is 2. The molecule has 0 bridgehead atoms. The molecule has 2 aromatic carbocycles.